The Morgan fingerprint density at radius 2 is 2.27 bits per heavy atom. The van der Waals surface area contributed by atoms with Crippen molar-refractivity contribution < 1.29 is 10.2 Å². The lowest BCUT2D eigenvalue weighted by Gasteiger charge is -2.26. The first-order valence-electron chi connectivity index (χ1n) is 6.95. The maximum atomic E-state index is 10.5. The number of nitrogens with one attached hydrogen (secondary N) is 2. The molecule has 0 amide bonds. The van der Waals surface area contributed by atoms with Crippen LogP contribution in [0.2, 0.25) is 0 Å². The first-order chi connectivity index (χ1) is 9.95. The molecule has 1 aromatic heterocycles. The van der Waals surface area contributed by atoms with Gasteiger partial charge in [0.15, 0.2) is 5.96 Å². The highest BCUT2D eigenvalue weighted by atomic mass is 127. The molecule has 2 heterocycles. The Morgan fingerprint density at radius 3 is 2.82 bits per heavy atom. The van der Waals surface area contributed by atoms with E-state index in [9.17, 15) is 10.2 Å². The number of hydrogen-bond acceptors (Lipinski definition) is 5. The van der Waals surface area contributed by atoms with E-state index in [0.717, 1.165) is 23.5 Å². The second kappa shape index (κ2) is 8.72. The molecule has 2 atom stereocenters. The van der Waals surface area contributed by atoms with Gasteiger partial charge in [-0.25, -0.2) is 0 Å². The average molecular weight is 457 g/mol. The molecule has 0 aromatic carbocycles. The fourth-order valence-electron chi connectivity index (χ4n) is 2.13. The van der Waals surface area contributed by atoms with Gasteiger partial charge in [0.1, 0.15) is 5.60 Å². The van der Waals surface area contributed by atoms with Crippen LogP contribution in [-0.4, -0.2) is 53.4 Å². The van der Waals surface area contributed by atoms with E-state index in [1.165, 1.54) is 0 Å². The first kappa shape index (κ1) is 20.0. The summed E-state index contributed by atoms with van der Waals surface area (Å²) in [7, 11) is 1.68. The van der Waals surface area contributed by atoms with Gasteiger partial charge in [0.05, 0.1) is 12.1 Å². The van der Waals surface area contributed by atoms with Gasteiger partial charge in [0.25, 0.3) is 0 Å². The summed E-state index contributed by atoms with van der Waals surface area (Å²) >= 11 is 3.33. The number of guanidine groups is 1. The topological polar surface area (TPSA) is 76.9 Å². The van der Waals surface area contributed by atoms with Crippen LogP contribution >= 0.6 is 47.1 Å². The zero-order valence-corrected chi connectivity index (χ0v) is 16.8. The molecule has 2 rings (SSSR count). The van der Waals surface area contributed by atoms with Gasteiger partial charge in [-0.3, -0.25) is 4.99 Å². The summed E-state index contributed by atoms with van der Waals surface area (Å²) in [6.45, 7) is 2.60. The highest BCUT2D eigenvalue weighted by Crippen LogP contribution is 2.27. The quantitative estimate of drug-likeness (QED) is 0.307. The summed E-state index contributed by atoms with van der Waals surface area (Å²) in [5, 5.41) is 30.9. The minimum absolute atomic E-state index is 0. The molecule has 0 aliphatic carbocycles. The monoisotopic (exact) mass is 457 g/mol. The summed E-state index contributed by atoms with van der Waals surface area (Å²) in [4.78, 5) is 4.13. The molecule has 0 radical (unpaired) electrons. The Morgan fingerprint density at radius 1 is 1.50 bits per heavy atom. The summed E-state index contributed by atoms with van der Waals surface area (Å²) in [5.74, 6) is 2.34. The molecule has 126 valence electrons. The van der Waals surface area contributed by atoms with E-state index in [0.29, 0.717) is 19.0 Å². The van der Waals surface area contributed by atoms with Crippen molar-refractivity contribution in [2.45, 2.75) is 24.5 Å². The third-order valence-electron chi connectivity index (χ3n) is 3.63. The average Bonchev–Trinajstić information content (AvgIpc) is 3.11. The Kier molecular flexibility index (Phi) is 7.93. The van der Waals surface area contributed by atoms with Crippen LogP contribution < -0.4 is 10.6 Å². The van der Waals surface area contributed by atoms with Gasteiger partial charge in [-0.2, -0.15) is 23.1 Å². The summed E-state index contributed by atoms with van der Waals surface area (Å²) in [5.41, 5.74) is -0.711. The molecule has 0 saturated carbocycles. The van der Waals surface area contributed by atoms with E-state index < -0.39 is 11.2 Å². The highest BCUT2D eigenvalue weighted by Gasteiger charge is 2.32. The standard InChI is InChI=1S/C14H23N3O2S2.HI/c1-13(18,11-3-5-20-7-11)8-16-12(15-2)17-9-14(19)4-6-21-10-14;/h3,5,7,18-19H,4,6,8-10H2,1-2H3,(H2,15,16,17);1H. The van der Waals surface area contributed by atoms with Crippen LogP contribution in [0.3, 0.4) is 0 Å². The fourth-order valence-corrected chi connectivity index (χ4v) is 4.21. The van der Waals surface area contributed by atoms with Crippen LogP contribution in [0.5, 0.6) is 0 Å². The molecule has 1 aromatic rings. The second-order valence-electron chi connectivity index (χ2n) is 5.59. The van der Waals surface area contributed by atoms with Crippen molar-refractivity contribution in [3.8, 4) is 0 Å². The van der Waals surface area contributed by atoms with Crippen LogP contribution in [-0.2, 0) is 5.60 Å². The van der Waals surface area contributed by atoms with Crippen molar-refractivity contribution >= 4 is 53.0 Å². The molecule has 1 saturated heterocycles. The van der Waals surface area contributed by atoms with Crippen molar-refractivity contribution in [1.29, 1.82) is 0 Å². The van der Waals surface area contributed by atoms with Crippen LogP contribution in [0, 0.1) is 0 Å². The van der Waals surface area contributed by atoms with E-state index in [-0.39, 0.29) is 24.0 Å². The largest absolute Gasteiger partial charge is 0.387 e. The van der Waals surface area contributed by atoms with Gasteiger partial charge >= 0.3 is 0 Å². The van der Waals surface area contributed by atoms with E-state index >= 15 is 0 Å². The molecule has 8 heteroatoms. The number of rotatable bonds is 5. The molecule has 1 fully saturated rings. The molecule has 5 nitrogen and oxygen atoms in total. The van der Waals surface area contributed by atoms with Crippen molar-refractivity contribution in [3.63, 3.8) is 0 Å². The molecule has 0 bridgehead atoms. The number of nitrogens with zero attached hydrogens (tertiary/aromatic N) is 1. The minimum atomic E-state index is -0.947. The zero-order chi connectivity index (χ0) is 15.3. The van der Waals surface area contributed by atoms with Gasteiger partial charge < -0.3 is 20.8 Å². The van der Waals surface area contributed by atoms with E-state index in [4.69, 9.17) is 0 Å². The minimum Gasteiger partial charge on any atom is -0.387 e. The Bertz CT molecular complexity index is 474. The smallest absolute Gasteiger partial charge is 0.191 e. The summed E-state index contributed by atoms with van der Waals surface area (Å²) < 4.78 is 0. The van der Waals surface area contributed by atoms with Crippen LogP contribution in [0.15, 0.2) is 21.8 Å². The SMILES string of the molecule is CN=C(NCC1(O)CCSC1)NCC(C)(O)c1ccsc1.I. The van der Waals surface area contributed by atoms with Crippen molar-refractivity contribution in [2.75, 3.05) is 31.6 Å². The first-order valence-corrected chi connectivity index (χ1v) is 9.05. The zero-order valence-electron chi connectivity index (χ0n) is 12.8. The van der Waals surface area contributed by atoms with Gasteiger partial charge in [0.2, 0.25) is 0 Å². The van der Waals surface area contributed by atoms with Crippen molar-refractivity contribution in [3.05, 3.63) is 22.4 Å². The number of thiophene rings is 1. The van der Waals surface area contributed by atoms with Crippen molar-refractivity contribution in [2.24, 2.45) is 4.99 Å². The van der Waals surface area contributed by atoms with Crippen LogP contribution in [0.25, 0.3) is 0 Å². The fraction of sp³-hybridized carbons (Fsp3) is 0.643. The number of thioether (sulfide) groups is 1. The van der Waals surface area contributed by atoms with Gasteiger partial charge in [-0.1, -0.05) is 0 Å². The Hall–Kier alpha value is -0.0300. The molecule has 0 spiro atoms. The molecule has 1 aliphatic rings. The molecule has 22 heavy (non-hydrogen) atoms. The normalized spacial score (nSPS) is 24.5. The lowest BCUT2D eigenvalue weighted by molar-refractivity contribution is 0.0612. The number of aliphatic imine (C=N–C) groups is 1. The van der Waals surface area contributed by atoms with Gasteiger partial charge in [-0.15, -0.1) is 24.0 Å². The molecule has 4 N–H and O–H groups in total. The van der Waals surface area contributed by atoms with Crippen molar-refractivity contribution in [1.82, 2.24) is 10.6 Å². The Labute approximate surface area is 157 Å². The maximum Gasteiger partial charge on any atom is 0.191 e. The van der Waals surface area contributed by atoms with Crippen LogP contribution in [0.1, 0.15) is 18.9 Å². The second-order valence-corrected chi connectivity index (χ2v) is 7.48. The predicted octanol–water partition coefficient (Wildman–Crippen LogP) is 1.61. The predicted molar refractivity (Wildman–Crippen MR) is 106 cm³/mol. The lowest BCUT2D eigenvalue weighted by Crippen LogP contribution is -2.49. The summed E-state index contributed by atoms with van der Waals surface area (Å²) in [6, 6.07) is 1.92. The number of hydrogen-bond donors (Lipinski definition) is 4. The third-order valence-corrected chi connectivity index (χ3v) is 5.55. The van der Waals surface area contributed by atoms with Gasteiger partial charge in [-0.05, 0) is 41.5 Å². The highest BCUT2D eigenvalue weighted by molar-refractivity contribution is 14.0. The summed E-state index contributed by atoms with van der Waals surface area (Å²) in [6.07, 6.45) is 0.800. The maximum absolute atomic E-state index is 10.5. The lowest BCUT2D eigenvalue weighted by atomic mass is 9.99. The molecular weight excluding hydrogens is 433 g/mol. The molecular formula is C14H24IN3O2S2. The van der Waals surface area contributed by atoms with E-state index in [1.54, 1.807) is 37.1 Å². The third kappa shape index (κ3) is 5.55. The van der Waals surface area contributed by atoms with Crippen LogP contribution in [0.4, 0.5) is 0 Å². The van der Waals surface area contributed by atoms with E-state index in [2.05, 4.69) is 15.6 Å². The Balaban J connectivity index is 0.00000242. The molecule has 1 aliphatic heterocycles. The molecule has 2 unspecified atom stereocenters. The number of aliphatic hydroxyl groups is 2. The number of halogens is 1. The van der Waals surface area contributed by atoms with E-state index in [1.807, 2.05) is 16.8 Å². The van der Waals surface area contributed by atoms with Gasteiger partial charge in [0, 0.05) is 19.3 Å².